The molecule has 21 heavy (non-hydrogen) atoms. The van der Waals surface area contributed by atoms with Gasteiger partial charge in [-0.1, -0.05) is 31.9 Å². The van der Waals surface area contributed by atoms with Crippen LogP contribution in [0.1, 0.15) is 44.3 Å². The average Bonchev–Trinajstić information content (AvgIpc) is 3.26. The summed E-state index contributed by atoms with van der Waals surface area (Å²) < 4.78 is 5.21. The van der Waals surface area contributed by atoms with Crippen molar-refractivity contribution >= 4 is 5.91 Å². The zero-order valence-electron chi connectivity index (χ0n) is 12.8. The molecule has 0 spiro atoms. The van der Waals surface area contributed by atoms with Gasteiger partial charge in [-0.2, -0.15) is 0 Å². The number of amides is 1. The van der Waals surface area contributed by atoms with Crippen molar-refractivity contribution in [1.29, 1.82) is 0 Å². The Kier molecular flexibility index (Phi) is 4.15. The number of methoxy groups -OCH3 is 1. The summed E-state index contributed by atoms with van der Waals surface area (Å²) >= 11 is 0. The maximum absolute atomic E-state index is 12.3. The number of nitrogens with zero attached hydrogens (tertiary/aromatic N) is 1. The molecule has 4 heteroatoms. The highest BCUT2D eigenvalue weighted by Crippen LogP contribution is 2.38. The van der Waals surface area contributed by atoms with Crippen LogP contribution < -0.4 is 10.1 Å². The lowest BCUT2D eigenvalue weighted by atomic mass is 10.0. The number of nitrogens with one attached hydrogen (secondary N) is 1. The van der Waals surface area contributed by atoms with Gasteiger partial charge in [0.05, 0.1) is 13.7 Å². The topological polar surface area (TPSA) is 41.6 Å². The van der Waals surface area contributed by atoms with Gasteiger partial charge in [-0.05, 0) is 36.5 Å². The number of benzene rings is 1. The second-order valence-electron chi connectivity index (χ2n) is 6.10. The molecule has 2 fully saturated rings. The van der Waals surface area contributed by atoms with Crippen LogP contribution in [0.4, 0.5) is 0 Å². The Bertz CT molecular complexity index is 496. The Balaban J connectivity index is 1.79. The van der Waals surface area contributed by atoms with Gasteiger partial charge in [0.2, 0.25) is 5.91 Å². The molecule has 1 N–H and O–H groups in total. The second kappa shape index (κ2) is 6.06. The van der Waals surface area contributed by atoms with Crippen molar-refractivity contribution in [3.8, 4) is 5.75 Å². The zero-order chi connectivity index (χ0) is 14.8. The molecule has 1 amide bonds. The first kappa shape index (κ1) is 14.4. The van der Waals surface area contributed by atoms with Crippen molar-refractivity contribution in [3.63, 3.8) is 0 Å². The van der Waals surface area contributed by atoms with E-state index in [9.17, 15) is 4.79 Å². The van der Waals surface area contributed by atoms with E-state index in [0.29, 0.717) is 12.6 Å². The molecule has 1 aromatic carbocycles. The lowest BCUT2D eigenvalue weighted by Gasteiger charge is -2.32. The maximum Gasteiger partial charge on any atom is 0.238 e. The molecule has 0 radical (unpaired) electrons. The number of carbonyl (C=O) groups excluding carboxylic acids is 1. The molecule has 3 rings (SSSR count). The molecule has 1 aliphatic heterocycles. The molecule has 0 aromatic heterocycles. The standard InChI is InChI=1S/C17H24N2O2/c1-3-14(10-12-4-5-12)19-16(20)11-18-17(19)13-6-8-15(21-2)9-7-13/h6-9,12,14,17-18H,3-5,10-11H2,1-2H3. The van der Waals surface area contributed by atoms with Crippen LogP contribution in [-0.2, 0) is 4.79 Å². The van der Waals surface area contributed by atoms with Crippen LogP contribution in [-0.4, -0.2) is 30.5 Å². The van der Waals surface area contributed by atoms with Crippen molar-refractivity contribution in [1.82, 2.24) is 10.2 Å². The van der Waals surface area contributed by atoms with E-state index < -0.39 is 0 Å². The van der Waals surface area contributed by atoms with Crippen molar-refractivity contribution in [2.75, 3.05) is 13.7 Å². The van der Waals surface area contributed by atoms with Crippen LogP contribution in [0.25, 0.3) is 0 Å². The molecule has 0 bridgehead atoms. The molecule has 1 saturated heterocycles. The summed E-state index contributed by atoms with van der Waals surface area (Å²) in [6.07, 6.45) is 4.85. The molecule has 4 nitrogen and oxygen atoms in total. The van der Waals surface area contributed by atoms with Crippen LogP contribution in [0.15, 0.2) is 24.3 Å². The minimum atomic E-state index is 0.00658. The monoisotopic (exact) mass is 288 g/mol. The highest BCUT2D eigenvalue weighted by atomic mass is 16.5. The first-order valence-electron chi connectivity index (χ1n) is 7.91. The number of hydrogen-bond acceptors (Lipinski definition) is 3. The summed E-state index contributed by atoms with van der Waals surface area (Å²) in [7, 11) is 1.67. The third kappa shape index (κ3) is 3.05. The lowest BCUT2D eigenvalue weighted by molar-refractivity contribution is -0.130. The van der Waals surface area contributed by atoms with Crippen LogP contribution >= 0.6 is 0 Å². The van der Waals surface area contributed by atoms with E-state index in [2.05, 4.69) is 17.1 Å². The molecule has 1 aliphatic carbocycles. The fourth-order valence-corrected chi connectivity index (χ4v) is 3.21. The summed E-state index contributed by atoms with van der Waals surface area (Å²) in [4.78, 5) is 14.4. The maximum atomic E-state index is 12.3. The SMILES string of the molecule is CCC(CC1CC1)N1C(=O)CNC1c1ccc(OC)cc1. The normalized spacial score (nSPS) is 23.4. The van der Waals surface area contributed by atoms with E-state index in [1.54, 1.807) is 7.11 Å². The largest absolute Gasteiger partial charge is 0.497 e. The van der Waals surface area contributed by atoms with E-state index in [4.69, 9.17) is 4.74 Å². The Morgan fingerprint density at radius 2 is 2.05 bits per heavy atom. The second-order valence-corrected chi connectivity index (χ2v) is 6.10. The van der Waals surface area contributed by atoms with E-state index in [1.807, 2.05) is 24.3 Å². The molecule has 2 aliphatic rings. The molecular formula is C17H24N2O2. The van der Waals surface area contributed by atoms with E-state index in [-0.39, 0.29) is 12.1 Å². The van der Waals surface area contributed by atoms with Crippen molar-refractivity contribution in [3.05, 3.63) is 29.8 Å². The van der Waals surface area contributed by atoms with Gasteiger partial charge >= 0.3 is 0 Å². The highest BCUT2D eigenvalue weighted by molar-refractivity contribution is 5.81. The van der Waals surface area contributed by atoms with Crippen LogP contribution in [0.2, 0.25) is 0 Å². The van der Waals surface area contributed by atoms with Crippen molar-refractivity contribution < 1.29 is 9.53 Å². The quantitative estimate of drug-likeness (QED) is 0.875. The summed E-state index contributed by atoms with van der Waals surface area (Å²) in [6.45, 7) is 2.63. The first-order valence-corrected chi connectivity index (χ1v) is 7.91. The summed E-state index contributed by atoms with van der Waals surface area (Å²) in [5.41, 5.74) is 1.14. The molecule has 1 saturated carbocycles. The van der Waals surface area contributed by atoms with Crippen LogP contribution in [0.5, 0.6) is 5.75 Å². The van der Waals surface area contributed by atoms with E-state index in [1.165, 1.54) is 12.8 Å². The number of hydrogen-bond donors (Lipinski definition) is 1. The molecule has 2 atom stereocenters. The van der Waals surface area contributed by atoms with Gasteiger partial charge in [-0.15, -0.1) is 0 Å². The van der Waals surface area contributed by atoms with Gasteiger partial charge in [-0.3, -0.25) is 10.1 Å². The van der Waals surface area contributed by atoms with Gasteiger partial charge in [0.25, 0.3) is 0 Å². The highest BCUT2D eigenvalue weighted by Gasteiger charge is 2.38. The fraction of sp³-hybridized carbons (Fsp3) is 0.588. The Labute approximate surface area is 126 Å². The summed E-state index contributed by atoms with van der Waals surface area (Å²) in [5.74, 6) is 1.91. The van der Waals surface area contributed by atoms with Gasteiger partial charge in [0, 0.05) is 6.04 Å². The number of carbonyl (C=O) groups is 1. The Morgan fingerprint density at radius 1 is 1.33 bits per heavy atom. The molecule has 1 heterocycles. The Morgan fingerprint density at radius 3 is 2.62 bits per heavy atom. The minimum Gasteiger partial charge on any atom is -0.497 e. The Hall–Kier alpha value is -1.55. The minimum absolute atomic E-state index is 0.00658. The molecule has 2 unspecified atom stereocenters. The van der Waals surface area contributed by atoms with Gasteiger partial charge < -0.3 is 9.64 Å². The summed E-state index contributed by atoms with van der Waals surface area (Å²) in [6, 6.07) is 8.37. The fourth-order valence-electron chi connectivity index (χ4n) is 3.21. The average molecular weight is 288 g/mol. The predicted octanol–water partition coefficient (Wildman–Crippen LogP) is 2.70. The van der Waals surface area contributed by atoms with Gasteiger partial charge in [-0.25, -0.2) is 0 Å². The van der Waals surface area contributed by atoms with E-state index >= 15 is 0 Å². The predicted molar refractivity (Wildman–Crippen MR) is 82.0 cm³/mol. The van der Waals surface area contributed by atoms with Crippen molar-refractivity contribution in [2.24, 2.45) is 5.92 Å². The third-order valence-electron chi connectivity index (χ3n) is 4.61. The smallest absolute Gasteiger partial charge is 0.238 e. The molecule has 1 aromatic rings. The number of ether oxygens (including phenoxy) is 1. The summed E-state index contributed by atoms with van der Waals surface area (Å²) in [5, 5.41) is 3.35. The van der Waals surface area contributed by atoms with Gasteiger partial charge in [0.1, 0.15) is 11.9 Å². The van der Waals surface area contributed by atoms with Gasteiger partial charge in [0.15, 0.2) is 0 Å². The van der Waals surface area contributed by atoms with Crippen LogP contribution in [0, 0.1) is 5.92 Å². The van der Waals surface area contributed by atoms with E-state index in [0.717, 1.165) is 30.1 Å². The lowest BCUT2D eigenvalue weighted by Crippen LogP contribution is -2.39. The zero-order valence-corrected chi connectivity index (χ0v) is 12.8. The first-order chi connectivity index (χ1) is 10.2. The molecule has 114 valence electrons. The number of rotatable bonds is 6. The molecular weight excluding hydrogens is 264 g/mol. The van der Waals surface area contributed by atoms with Crippen molar-refractivity contribution in [2.45, 2.75) is 44.8 Å². The van der Waals surface area contributed by atoms with Crippen LogP contribution in [0.3, 0.4) is 0 Å². The third-order valence-corrected chi connectivity index (χ3v) is 4.61.